The molecule has 10 heteroatoms. The number of halogens is 3. The first kappa shape index (κ1) is 20.3. The van der Waals surface area contributed by atoms with Crippen LogP contribution in [-0.4, -0.2) is 54.4 Å². The van der Waals surface area contributed by atoms with Gasteiger partial charge >= 0.3 is 12.1 Å². The molecular weight excluding hydrogens is 367 g/mol. The molecule has 0 aliphatic rings. The topological polar surface area (TPSA) is 73.7 Å². The monoisotopic (exact) mass is 385 g/mol. The summed E-state index contributed by atoms with van der Waals surface area (Å²) in [6, 6.07) is 4.53. The Morgan fingerprint density at radius 1 is 1.26 bits per heavy atom. The number of carbonyl (C=O) groups is 2. The lowest BCUT2D eigenvalue weighted by atomic mass is 10.2. The number of hydrogen-bond donors (Lipinski definition) is 0. The molecule has 2 aromatic rings. The zero-order chi connectivity index (χ0) is 20.2. The molecule has 0 fully saturated rings. The van der Waals surface area contributed by atoms with Crippen LogP contribution in [0.15, 0.2) is 30.5 Å². The third-order valence-corrected chi connectivity index (χ3v) is 3.77. The maximum Gasteiger partial charge on any atom is 0.416 e. The molecule has 1 heterocycles. The Balaban J connectivity index is 2.30. The van der Waals surface area contributed by atoms with Crippen LogP contribution in [0.2, 0.25) is 0 Å². The van der Waals surface area contributed by atoms with E-state index in [1.165, 1.54) is 44.5 Å². The summed E-state index contributed by atoms with van der Waals surface area (Å²) >= 11 is 0. The first-order valence-corrected chi connectivity index (χ1v) is 7.81. The summed E-state index contributed by atoms with van der Waals surface area (Å²) < 4.78 is 49.5. The summed E-state index contributed by atoms with van der Waals surface area (Å²) in [4.78, 5) is 25.0. The molecular formula is C17H18F3N3O4. The summed E-state index contributed by atoms with van der Waals surface area (Å²) in [5, 5.41) is 4.06. The minimum absolute atomic E-state index is 0.00457. The van der Waals surface area contributed by atoms with Crippen molar-refractivity contribution < 1.29 is 32.2 Å². The Morgan fingerprint density at radius 3 is 2.56 bits per heavy atom. The fraction of sp³-hybridized carbons (Fsp3) is 0.353. The molecule has 27 heavy (non-hydrogen) atoms. The molecule has 0 atom stereocenters. The molecule has 0 saturated carbocycles. The van der Waals surface area contributed by atoms with Gasteiger partial charge in [0.25, 0.3) is 5.91 Å². The standard InChI is InChI=1S/C17H18F3N3O4/c1-22(8-7-14(24)27-3)16(25)15-13(26-2)10-23(21-15)12-6-4-5-11(9-12)17(18,19)20/h4-6,9-10H,7-8H2,1-3H3. The van der Waals surface area contributed by atoms with Crippen LogP contribution in [0.3, 0.4) is 0 Å². The van der Waals surface area contributed by atoms with Gasteiger partial charge in [0.2, 0.25) is 0 Å². The largest absolute Gasteiger partial charge is 0.493 e. The van der Waals surface area contributed by atoms with E-state index in [0.29, 0.717) is 0 Å². The minimum atomic E-state index is -4.50. The van der Waals surface area contributed by atoms with Crippen molar-refractivity contribution in [2.45, 2.75) is 12.6 Å². The first-order chi connectivity index (χ1) is 12.7. The van der Waals surface area contributed by atoms with Crippen LogP contribution >= 0.6 is 0 Å². The highest BCUT2D eigenvalue weighted by Gasteiger charge is 2.31. The Labute approximate surface area is 153 Å². The number of alkyl halides is 3. The third kappa shape index (κ3) is 4.78. The molecule has 7 nitrogen and oxygen atoms in total. The average Bonchev–Trinajstić information content (AvgIpc) is 3.09. The molecule has 2 rings (SSSR count). The fourth-order valence-corrected chi connectivity index (χ4v) is 2.26. The van der Waals surface area contributed by atoms with Crippen molar-refractivity contribution in [3.63, 3.8) is 0 Å². The molecule has 1 amide bonds. The summed E-state index contributed by atoms with van der Waals surface area (Å²) in [5.41, 5.74) is -0.792. The normalized spacial score (nSPS) is 11.2. The van der Waals surface area contributed by atoms with Crippen molar-refractivity contribution in [3.8, 4) is 11.4 Å². The number of hydrogen-bond acceptors (Lipinski definition) is 5. The van der Waals surface area contributed by atoms with Crippen molar-refractivity contribution >= 4 is 11.9 Å². The minimum Gasteiger partial charge on any atom is -0.493 e. The van der Waals surface area contributed by atoms with E-state index in [1.54, 1.807) is 0 Å². The van der Waals surface area contributed by atoms with E-state index < -0.39 is 23.6 Å². The number of benzene rings is 1. The quantitative estimate of drug-likeness (QED) is 0.715. The van der Waals surface area contributed by atoms with Crippen LogP contribution in [0.4, 0.5) is 13.2 Å². The van der Waals surface area contributed by atoms with Crippen LogP contribution in [0, 0.1) is 0 Å². The van der Waals surface area contributed by atoms with Crippen molar-refractivity contribution in [2.24, 2.45) is 0 Å². The van der Waals surface area contributed by atoms with E-state index in [2.05, 4.69) is 9.84 Å². The van der Waals surface area contributed by atoms with Gasteiger partial charge in [-0.25, -0.2) is 4.68 Å². The number of carbonyl (C=O) groups excluding carboxylic acids is 2. The lowest BCUT2D eigenvalue weighted by Gasteiger charge is -2.15. The Bertz CT molecular complexity index is 833. The number of methoxy groups -OCH3 is 2. The number of ether oxygens (including phenoxy) is 2. The van der Waals surface area contributed by atoms with Crippen molar-refractivity contribution in [3.05, 3.63) is 41.7 Å². The molecule has 0 saturated heterocycles. The smallest absolute Gasteiger partial charge is 0.416 e. The van der Waals surface area contributed by atoms with Crippen LogP contribution in [-0.2, 0) is 15.7 Å². The second kappa shape index (κ2) is 8.11. The number of nitrogens with zero attached hydrogens (tertiary/aromatic N) is 3. The highest BCUT2D eigenvalue weighted by molar-refractivity contribution is 5.95. The van der Waals surface area contributed by atoms with Gasteiger partial charge in [0.15, 0.2) is 11.4 Å². The average molecular weight is 385 g/mol. The van der Waals surface area contributed by atoms with E-state index in [9.17, 15) is 22.8 Å². The maximum absolute atomic E-state index is 12.9. The maximum atomic E-state index is 12.9. The molecule has 0 bridgehead atoms. The predicted molar refractivity (Wildman–Crippen MR) is 88.7 cm³/mol. The molecule has 1 aromatic carbocycles. The van der Waals surface area contributed by atoms with Gasteiger partial charge in [-0.05, 0) is 18.2 Å². The van der Waals surface area contributed by atoms with Crippen LogP contribution in [0.1, 0.15) is 22.5 Å². The second-order valence-electron chi connectivity index (χ2n) is 5.59. The van der Waals surface area contributed by atoms with E-state index in [0.717, 1.165) is 16.8 Å². The van der Waals surface area contributed by atoms with Gasteiger partial charge in [0.05, 0.1) is 38.1 Å². The van der Waals surface area contributed by atoms with Gasteiger partial charge in [0.1, 0.15) is 0 Å². The SMILES string of the molecule is COC(=O)CCN(C)C(=O)c1nn(-c2cccc(C(F)(F)F)c2)cc1OC. The summed E-state index contributed by atoms with van der Waals surface area (Å²) in [5.74, 6) is -0.917. The van der Waals surface area contributed by atoms with Crippen LogP contribution in [0.25, 0.3) is 5.69 Å². The number of esters is 1. The lowest BCUT2D eigenvalue weighted by Crippen LogP contribution is -2.30. The van der Waals surface area contributed by atoms with Crippen molar-refractivity contribution in [1.29, 1.82) is 0 Å². The molecule has 146 valence electrons. The highest BCUT2D eigenvalue weighted by atomic mass is 19.4. The Hall–Kier alpha value is -3.04. The molecule has 0 radical (unpaired) electrons. The van der Waals surface area contributed by atoms with Gasteiger partial charge in [-0.1, -0.05) is 6.07 Å². The zero-order valence-corrected chi connectivity index (χ0v) is 14.9. The van der Waals surface area contributed by atoms with Crippen LogP contribution in [0.5, 0.6) is 5.75 Å². The molecule has 0 aliphatic heterocycles. The highest BCUT2D eigenvalue weighted by Crippen LogP contribution is 2.30. The second-order valence-corrected chi connectivity index (χ2v) is 5.59. The van der Waals surface area contributed by atoms with E-state index in [4.69, 9.17) is 4.74 Å². The van der Waals surface area contributed by atoms with Gasteiger partial charge in [-0.3, -0.25) is 9.59 Å². The van der Waals surface area contributed by atoms with Gasteiger partial charge in [-0.2, -0.15) is 18.3 Å². The molecule has 0 aliphatic carbocycles. The molecule has 0 N–H and O–H groups in total. The lowest BCUT2D eigenvalue weighted by molar-refractivity contribution is -0.141. The third-order valence-electron chi connectivity index (χ3n) is 3.77. The van der Waals surface area contributed by atoms with Crippen LogP contribution < -0.4 is 4.74 Å². The number of aromatic nitrogens is 2. The van der Waals surface area contributed by atoms with Gasteiger partial charge < -0.3 is 14.4 Å². The number of rotatable bonds is 6. The number of amides is 1. The summed E-state index contributed by atoms with van der Waals surface area (Å²) in [7, 11) is 4.02. The fourth-order valence-electron chi connectivity index (χ4n) is 2.26. The summed E-state index contributed by atoms with van der Waals surface area (Å²) in [6.07, 6.45) is -3.19. The van der Waals surface area contributed by atoms with Gasteiger partial charge in [0, 0.05) is 13.6 Å². The zero-order valence-electron chi connectivity index (χ0n) is 14.9. The Kier molecular flexibility index (Phi) is 6.09. The first-order valence-electron chi connectivity index (χ1n) is 7.81. The summed E-state index contributed by atoms with van der Waals surface area (Å²) in [6.45, 7) is 0.0884. The Morgan fingerprint density at radius 2 is 1.96 bits per heavy atom. The van der Waals surface area contributed by atoms with E-state index in [1.807, 2.05) is 0 Å². The molecule has 0 unspecified atom stereocenters. The van der Waals surface area contributed by atoms with Crippen molar-refractivity contribution in [2.75, 3.05) is 27.8 Å². The predicted octanol–water partition coefficient (Wildman–Crippen LogP) is 2.53. The molecule has 1 aromatic heterocycles. The van der Waals surface area contributed by atoms with Crippen molar-refractivity contribution in [1.82, 2.24) is 14.7 Å². The van der Waals surface area contributed by atoms with E-state index >= 15 is 0 Å². The van der Waals surface area contributed by atoms with Gasteiger partial charge in [-0.15, -0.1) is 0 Å². The molecule has 0 spiro atoms. The van der Waals surface area contributed by atoms with E-state index in [-0.39, 0.29) is 30.1 Å².